The van der Waals surface area contributed by atoms with Crippen LogP contribution in [0.2, 0.25) is 0 Å². The van der Waals surface area contributed by atoms with E-state index in [1.165, 1.54) is 12.8 Å². The number of ether oxygens (including phenoxy) is 1. The van der Waals surface area contributed by atoms with Crippen LogP contribution in [-0.2, 0) is 4.74 Å². The van der Waals surface area contributed by atoms with Crippen LogP contribution in [-0.4, -0.2) is 36.7 Å². The van der Waals surface area contributed by atoms with Gasteiger partial charge in [-0.25, -0.2) is 0 Å². The molecule has 0 unspecified atom stereocenters. The molecule has 0 aromatic carbocycles. The van der Waals surface area contributed by atoms with Crippen LogP contribution in [0.4, 0.5) is 0 Å². The van der Waals surface area contributed by atoms with Crippen LogP contribution in [0.5, 0.6) is 0 Å². The number of rotatable bonds is 1. The number of hydrogen-bond acceptors (Lipinski definition) is 3. The quantitative estimate of drug-likeness (QED) is 0.659. The van der Waals surface area contributed by atoms with Gasteiger partial charge in [0.1, 0.15) is 5.54 Å². The zero-order valence-corrected chi connectivity index (χ0v) is 9.54. The maximum absolute atomic E-state index is 9.41. The Kier molecular flexibility index (Phi) is 3.28. The molecule has 2 heterocycles. The first-order valence-corrected chi connectivity index (χ1v) is 6.01. The number of piperidine rings is 1. The van der Waals surface area contributed by atoms with Gasteiger partial charge >= 0.3 is 0 Å². The third kappa shape index (κ3) is 2.16. The predicted octanol–water partition coefficient (Wildman–Crippen LogP) is 1.79. The summed E-state index contributed by atoms with van der Waals surface area (Å²) in [5.74, 6) is 0.830. The fourth-order valence-corrected chi connectivity index (χ4v) is 2.64. The molecule has 0 saturated carbocycles. The topological polar surface area (TPSA) is 36.3 Å². The number of nitrogens with zero attached hydrogens (tertiary/aromatic N) is 2. The average Bonchev–Trinajstić information content (AvgIpc) is 2.31. The molecule has 0 amide bonds. The van der Waals surface area contributed by atoms with Crippen LogP contribution in [0.15, 0.2) is 0 Å². The van der Waals surface area contributed by atoms with Crippen LogP contribution in [0, 0.1) is 17.2 Å². The molecular weight excluding hydrogens is 188 g/mol. The van der Waals surface area contributed by atoms with Gasteiger partial charge < -0.3 is 4.74 Å². The molecule has 0 aromatic rings. The number of nitriles is 1. The summed E-state index contributed by atoms with van der Waals surface area (Å²) >= 11 is 0. The lowest BCUT2D eigenvalue weighted by Gasteiger charge is -2.44. The van der Waals surface area contributed by atoms with Crippen molar-refractivity contribution in [2.75, 3.05) is 26.3 Å². The molecule has 0 bridgehead atoms. The highest BCUT2D eigenvalue weighted by Crippen LogP contribution is 2.31. The van der Waals surface area contributed by atoms with E-state index in [1.54, 1.807) is 0 Å². The van der Waals surface area contributed by atoms with Crippen LogP contribution < -0.4 is 0 Å². The Balaban J connectivity index is 2.03. The van der Waals surface area contributed by atoms with Crippen LogP contribution in [0.3, 0.4) is 0 Å². The van der Waals surface area contributed by atoms with E-state index in [4.69, 9.17) is 4.74 Å². The van der Waals surface area contributed by atoms with Crippen LogP contribution >= 0.6 is 0 Å². The van der Waals surface area contributed by atoms with E-state index in [-0.39, 0.29) is 5.54 Å². The summed E-state index contributed by atoms with van der Waals surface area (Å²) in [4.78, 5) is 2.40. The van der Waals surface area contributed by atoms with Gasteiger partial charge in [0.15, 0.2) is 0 Å². The standard InChI is InChI=1S/C12H20N2O/c1-11-2-6-14(7-3-11)12(10-13)4-8-15-9-5-12/h11H,2-9H2,1H3. The molecule has 0 spiro atoms. The maximum Gasteiger partial charge on any atom is 0.113 e. The smallest absolute Gasteiger partial charge is 0.113 e. The van der Waals surface area contributed by atoms with E-state index in [9.17, 15) is 5.26 Å². The highest BCUT2D eigenvalue weighted by atomic mass is 16.5. The molecule has 84 valence electrons. The predicted molar refractivity (Wildman–Crippen MR) is 58.4 cm³/mol. The Hall–Kier alpha value is -0.590. The molecule has 2 aliphatic heterocycles. The number of likely N-dealkylation sites (tertiary alicyclic amines) is 1. The molecule has 0 atom stereocenters. The minimum atomic E-state index is -0.210. The fourth-order valence-electron chi connectivity index (χ4n) is 2.64. The van der Waals surface area contributed by atoms with Crippen molar-refractivity contribution in [2.24, 2.45) is 5.92 Å². The molecule has 2 rings (SSSR count). The van der Waals surface area contributed by atoms with Crippen molar-refractivity contribution in [3.8, 4) is 6.07 Å². The van der Waals surface area contributed by atoms with Crippen molar-refractivity contribution in [3.05, 3.63) is 0 Å². The van der Waals surface area contributed by atoms with Crippen molar-refractivity contribution in [2.45, 2.75) is 38.1 Å². The van der Waals surface area contributed by atoms with E-state index in [0.717, 1.165) is 45.1 Å². The summed E-state index contributed by atoms with van der Waals surface area (Å²) in [5, 5.41) is 9.41. The van der Waals surface area contributed by atoms with Gasteiger partial charge in [0, 0.05) is 26.1 Å². The molecule has 0 radical (unpaired) electrons. The summed E-state index contributed by atoms with van der Waals surface area (Å²) in [7, 11) is 0. The van der Waals surface area contributed by atoms with Gasteiger partial charge in [-0.3, -0.25) is 4.90 Å². The first-order valence-electron chi connectivity index (χ1n) is 6.01. The zero-order chi connectivity index (χ0) is 10.7. The zero-order valence-electron chi connectivity index (χ0n) is 9.54. The minimum Gasteiger partial charge on any atom is -0.381 e. The SMILES string of the molecule is CC1CCN(C2(C#N)CCOCC2)CC1. The molecule has 2 fully saturated rings. The van der Waals surface area contributed by atoms with Crippen molar-refractivity contribution < 1.29 is 4.74 Å². The van der Waals surface area contributed by atoms with Crippen molar-refractivity contribution in [1.29, 1.82) is 5.26 Å². The first-order chi connectivity index (χ1) is 7.27. The van der Waals surface area contributed by atoms with Crippen LogP contribution in [0.25, 0.3) is 0 Å². The van der Waals surface area contributed by atoms with E-state index >= 15 is 0 Å². The Bertz CT molecular complexity index is 245. The molecule has 3 heteroatoms. The largest absolute Gasteiger partial charge is 0.381 e. The Labute approximate surface area is 92.0 Å². The van der Waals surface area contributed by atoms with Gasteiger partial charge in [-0.2, -0.15) is 5.26 Å². The molecule has 2 aliphatic rings. The Morgan fingerprint density at radius 3 is 2.40 bits per heavy atom. The molecule has 3 nitrogen and oxygen atoms in total. The fraction of sp³-hybridized carbons (Fsp3) is 0.917. The van der Waals surface area contributed by atoms with Crippen LogP contribution in [0.1, 0.15) is 32.6 Å². The summed E-state index contributed by atoms with van der Waals surface area (Å²) in [5.41, 5.74) is -0.210. The van der Waals surface area contributed by atoms with Gasteiger partial charge in [0.05, 0.1) is 6.07 Å². The monoisotopic (exact) mass is 208 g/mol. The molecular formula is C12H20N2O. The van der Waals surface area contributed by atoms with E-state index < -0.39 is 0 Å². The third-order valence-corrected chi connectivity index (χ3v) is 3.92. The summed E-state index contributed by atoms with van der Waals surface area (Å²) in [6.45, 7) is 5.99. The van der Waals surface area contributed by atoms with Gasteiger partial charge in [-0.1, -0.05) is 6.92 Å². The second-order valence-electron chi connectivity index (χ2n) is 4.93. The Morgan fingerprint density at radius 1 is 1.27 bits per heavy atom. The summed E-state index contributed by atoms with van der Waals surface area (Å²) in [6.07, 6.45) is 4.25. The lowest BCUT2D eigenvalue weighted by molar-refractivity contribution is -0.0118. The van der Waals surface area contributed by atoms with Gasteiger partial charge in [-0.05, 0) is 31.8 Å². The van der Waals surface area contributed by atoms with Crippen molar-refractivity contribution in [1.82, 2.24) is 4.90 Å². The summed E-state index contributed by atoms with van der Waals surface area (Å²) in [6, 6.07) is 2.55. The third-order valence-electron chi connectivity index (χ3n) is 3.92. The maximum atomic E-state index is 9.41. The second-order valence-corrected chi connectivity index (χ2v) is 4.93. The molecule has 0 N–H and O–H groups in total. The first kappa shape index (κ1) is 10.9. The van der Waals surface area contributed by atoms with Gasteiger partial charge in [-0.15, -0.1) is 0 Å². The van der Waals surface area contributed by atoms with Gasteiger partial charge in [0.2, 0.25) is 0 Å². The highest BCUT2D eigenvalue weighted by Gasteiger charge is 2.39. The molecule has 0 aromatic heterocycles. The Morgan fingerprint density at radius 2 is 1.87 bits per heavy atom. The molecule has 15 heavy (non-hydrogen) atoms. The summed E-state index contributed by atoms with van der Waals surface area (Å²) < 4.78 is 5.36. The van der Waals surface area contributed by atoms with E-state index in [1.807, 2.05) is 0 Å². The van der Waals surface area contributed by atoms with E-state index in [2.05, 4.69) is 17.9 Å². The van der Waals surface area contributed by atoms with Gasteiger partial charge in [0.25, 0.3) is 0 Å². The highest BCUT2D eigenvalue weighted by molar-refractivity contribution is 5.10. The van der Waals surface area contributed by atoms with Crippen molar-refractivity contribution in [3.63, 3.8) is 0 Å². The van der Waals surface area contributed by atoms with E-state index in [0.29, 0.717) is 0 Å². The lowest BCUT2D eigenvalue weighted by atomic mass is 9.86. The minimum absolute atomic E-state index is 0.210. The molecule has 2 saturated heterocycles. The number of hydrogen-bond donors (Lipinski definition) is 0. The molecule has 0 aliphatic carbocycles. The average molecular weight is 208 g/mol. The van der Waals surface area contributed by atoms with Crippen molar-refractivity contribution >= 4 is 0 Å². The normalized spacial score (nSPS) is 28.5. The lowest BCUT2D eigenvalue weighted by Crippen LogP contribution is -2.53. The second kappa shape index (κ2) is 4.51.